The predicted molar refractivity (Wildman–Crippen MR) is 199 cm³/mol. The van der Waals surface area contributed by atoms with Crippen molar-refractivity contribution in [2.75, 3.05) is 26.4 Å². The maximum absolute atomic E-state index is 13.8. The molecule has 1 aliphatic rings. The minimum Gasteiger partial charge on any atom is -0.508 e. The Kier molecular flexibility index (Phi) is 13.8. The first-order chi connectivity index (χ1) is 26.9. The molecule has 0 radical (unpaired) electrons. The fourth-order valence-electron chi connectivity index (χ4n) is 6.15. The second-order valence-electron chi connectivity index (χ2n) is 13.0. The highest BCUT2D eigenvalue weighted by Crippen LogP contribution is 2.58. The summed E-state index contributed by atoms with van der Waals surface area (Å²) in [4.78, 5) is 51.9. The van der Waals surface area contributed by atoms with Crippen LogP contribution in [0.2, 0.25) is 0 Å². The number of phenols is 4. The van der Waals surface area contributed by atoms with Crippen molar-refractivity contribution >= 4 is 36.0 Å². The van der Waals surface area contributed by atoms with Crippen molar-refractivity contribution in [3.05, 3.63) is 131 Å². The number of aromatic hydroxyl groups is 4. The van der Waals surface area contributed by atoms with E-state index in [4.69, 9.17) is 18.9 Å². The molecule has 6 N–H and O–H groups in total. The predicted octanol–water partition coefficient (Wildman–Crippen LogP) is 3.94. The van der Waals surface area contributed by atoms with Crippen LogP contribution in [-0.2, 0) is 38.1 Å². The van der Waals surface area contributed by atoms with Gasteiger partial charge in [0.25, 0.3) is 0 Å². The molecule has 56 heavy (non-hydrogen) atoms. The molecule has 4 aromatic carbocycles. The Hall–Kier alpha value is -6.64. The summed E-state index contributed by atoms with van der Waals surface area (Å²) in [5.41, 5.74) is 2.20. The smallest absolute Gasteiger partial charge is 0.330 e. The second-order valence-corrected chi connectivity index (χ2v) is 13.0. The van der Waals surface area contributed by atoms with Crippen LogP contribution in [0.3, 0.4) is 0 Å². The monoisotopic (exact) mass is 768 g/mol. The summed E-state index contributed by atoms with van der Waals surface area (Å²) in [6.45, 7) is -2.11. The Balaban J connectivity index is 1.23. The lowest BCUT2D eigenvalue weighted by atomic mass is 9.52. The third-order valence-corrected chi connectivity index (χ3v) is 8.93. The summed E-state index contributed by atoms with van der Waals surface area (Å²) < 4.78 is 21.1. The molecule has 5 rings (SSSR count). The molecule has 0 spiro atoms. The molecule has 1 saturated carbocycles. The molecule has 1 fully saturated rings. The lowest BCUT2D eigenvalue weighted by Crippen LogP contribution is -2.52. The Labute approximate surface area is 321 Å². The largest absolute Gasteiger partial charge is 0.508 e. The van der Waals surface area contributed by atoms with Crippen LogP contribution in [0.5, 0.6) is 23.0 Å². The van der Waals surface area contributed by atoms with Crippen LogP contribution in [0.1, 0.15) is 34.1 Å². The summed E-state index contributed by atoms with van der Waals surface area (Å²) in [5.74, 6) is -6.92. The van der Waals surface area contributed by atoms with E-state index in [0.717, 1.165) is 12.2 Å². The van der Waals surface area contributed by atoms with E-state index >= 15 is 0 Å². The maximum Gasteiger partial charge on any atom is 0.330 e. The summed E-state index contributed by atoms with van der Waals surface area (Å²) in [6.07, 6.45) is 2.37. The van der Waals surface area contributed by atoms with Crippen LogP contribution in [0.15, 0.2) is 109 Å². The standard InChI is InChI=1S/C42H40O14/c43-29-11-1-25(2-12-29)5-19-35(49)53-21-33(47)23-55-41(51)39-37(27-7-15-31(45)16-8-27)40(38(39)28-9-17-32(46)18-10-28)42(52)56-24-34(48)22-54-36(50)20-6-26-3-13-30(44)14-4-26/h1-20,33-34,37-40,43-48H,21-24H2. The SMILES string of the molecule is O=C(C=Cc1ccc(O)cc1)OCC(O)COC(=O)C1C(c2ccc(O)cc2)C(C(=O)OCC(O)COC(=O)C=Cc2ccc(O)cc2)C1c1ccc(O)cc1. The van der Waals surface area contributed by atoms with E-state index in [2.05, 4.69) is 0 Å². The molecule has 4 aromatic rings. The van der Waals surface area contributed by atoms with E-state index in [-0.39, 0.29) is 23.0 Å². The second kappa shape index (κ2) is 19.1. The molecule has 0 unspecified atom stereocenters. The zero-order valence-electron chi connectivity index (χ0n) is 29.8. The van der Waals surface area contributed by atoms with Crippen LogP contribution in [0, 0.1) is 11.8 Å². The van der Waals surface area contributed by atoms with Gasteiger partial charge in [0.05, 0.1) is 11.8 Å². The number of carbonyl (C=O) groups is 4. The number of phenolic OH excluding ortho intramolecular Hbond substituents is 4. The van der Waals surface area contributed by atoms with E-state index in [9.17, 15) is 49.8 Å². The quantitative estimate of drug-likeness (QED) is 0.0540. The lowest BCUT2D eigenvalue weighted by molar-refractivity contribution is -0.171. The normalized spacial score (nSPS) is 18.8. The first-order valence-electron chi connectivity index (χ1n) is 17.4. The Morgan fingerprint density at radius 2 is 0.750 bits per heavy atom. The van der Waals surface area contributed by atoms with Gasteiger partial charge in [0, 0.05) is 24.0 Å². The van der Waals surface area contributed by atoms with Gasteiger partial charge in [0.15, 0.2) is 0 Å². The van der Waals surface area contributed by atoms with Gasteiger partial charge >= 0.3 is 23.9 Å². The number of hydrogen-bond donors (Lipinski definition) is 6. The molecule has 14 nitrogen and oxygen atoms in total. The fourth-order valence-corrected chi connectivity index (χ4v) is 6.15. The van der Waals surface area contributed by atoms with Crippen molar-refractivity contribution in [2.24, 2.45) is 11.8 Å². The Morgan fingerprint density at radius 1 is 0.464 bits per heavy atom. The Morgan fingerprint density at radius 3 is 1.07 bits per heavy atom. The third-order valence-electron chi connectivity index (χ3n) is 8.93. The van der Waals surface area contributed by atoms with Crippen LogP contribution >= 0.6 is 0 Å². The molecule has 14 heteroatoms. The van der Waals surface area contributed by atoms with Crippen molar-refractivity contribution in [3.63, 3.8) is 0 Å². The molecule has 0 aromatic heterocycles. The molecule has 0 saturated heterocycles. The van der Waals surface area contributed by atoms with E-state index in [1.54, 1.807) is 24.3 Å². The highest BCUT2D eigenvalue weighted by molar-refractivity contribution is 5.88. The molecule has 0 aliphatic heterocycles. The highest BCUT2D eigenvalue weighted by Gasteiger charge is 2.59. The zero-order chi connectivity index (χ0) is 40.2. The number of esters is 4. The van der Waals surface area contributed by atoms with E-state index in [1.165, 1.54) is 84.9 Å². The summed E-state index contributed by atoms with van der Waals surface area (Å²) in [6, 6.07) is 23.8. The van der Waals surface area contributed by atoms with Crippen molar-refractivity contribution in [1.29, 1.82) is 0 Å². The molecule has 0 bridgehead atoms. The van der Waals surface area contributed by atoms with Gasteiger partial charge in [-0.1, -0.05) is 48.5 Å². The van der Waals surface area contributed by atoms with Gasteiger partial charge in [-0.2, -0.15) is 0 Å². The number of aliphatic hydroxyl groups excluding tert-OH is 2. The van der Waals surface area contributed by atoms with Crippen LogP contribution in [0.25, 0.3) is 12.2 Å². The highest BCUT2D eigenvalue weighted by atomic mass is 16.6. The van der Waals surface area contributed by atoms with Gasteiger partial charge in [-0.05, 0) is 82.9 Å². The van der Waals surface area contributed by atoms with E-state index < -0.39 is 86.2 Å². The minimum atomic E-state index is -1.40. The summed E-state index contributed by atoms with van der Waals surface area (Å²) in [5, 5.41) is 59.7. The molecule has 0 heterocycles. The van der Waals surface area contributed by atoms with Crippen molar-refractivity contribution in [2.45, 2.75) is 24.0 Å². The fraction of sp³-hybridized carbons (Fsp3) is 0.238. The maximum atomic E-state index is 13.8. The molecular weight excluding hydrogens is 728 g/mol. The van der Waals surface area contributed by atoms with Gasteiger partial charge in [-0.25, -0.2) is 9.59 Å². The van der Waals surface area contributed by atoms with Gasteiger partial charge in [0.2, 0.25) is 0 Å². The number of rotatable bonds is 16. The number of hydrogen-bond acceptors (Lipinski definition) is 14. The number of benzene rings is 4. The Bertz CT molecular complexity index is 1850. The van der Waals surface area contributed by atoms with Crippen molar-refractivity contribution in [3.8, 4) is 23.0 Å². The van der Waals surface area contributed by atoms with Gasteiger partial charge in [-0.3, -0.25) is 9.59 Å². The first kappa shape index (κ1) is 40.5. The molecule has 1 aliphatic carbocycles. The number of ether oxygens (including phenoxy) is 4. The van der Waals surface area contributed by atoms with Gasteiger partial charge in [-0.15, -0.1) is 0 Å². The van der Waals surface area contributed by atoms with Crippen LogP contribution < -0.4 is 0 Å². The van der Waals surface area contributed by atoms with E-state index in [0.29, 0.717) is 22.3 Å². The average Bonchev–Trinajstić information content (AvgIpc) is 3.18. The van der Waals surface area contributed by atoms with Crippen molar-refractivity contribution in [1.82, 2.24) is 0 Å². The third kappa shape index (κ3) is 11.2. The number of carbonyl (C=O) groups excluding carboxylic acids is 4. The van der Waals surface area contributed by atoms with E-state index in [1.807, 2.05) is 0 Å². The molecular formula is C42H40O14. The van der Waals surface area contributed by atoms with Crippen molar-refractivity contribution < 1.29 is 68.8 Å². The van der Waals surface area contributed by atoms with Crippen LogP contribution in [-0.4, -0.2) is 93.2 Å². The summed E-state index contributed by atoms with van der Waals surface area (Å²) in [7, 11) is 0. The molecule has 0 atom stereocenters. The molecule has 0 amide bonds. The topological polar surface area (TPSA) is 227 Å². The van der Waals surface area contributed by atoms with Crippen LogP contribution in [0.4, 0.5) is 0 Å². The van der Waals surface area contributed by atoms with Gasteiger partial charge in [0.1, 0.15) is 61.6 Å². The zero-order valence-corrected chi connectivity index (χ0v) is 29.8. The average molecular weight is 769 g/mol. The van der Waals surface area contributed by atoms with Gasteiger partial charge < -0.3 is 49.6 Å². The molecule has 292 valence electrons. The minimum absolute atomic E-state index is 0.0624. The number of aliphatic hydroxyl groups is 2. The first-order valence-corrected chi connectivity index (χ1v) is 17.4. The summed E-state index contributed by atoms with van der Waals surface area (Å²) >= 11 is 0. The lowest BCUT2D eigenvalue weighted by Gasteiger charge is -2.49.